The molecule has 0 fully saturated rings. The van der Waals surface area contributed by atoms with E-state index in [1.807, 2.05) is 36.4 Å². The van der Waals surface area contributed by atoms with Gasteiger partial charge in [-0.05, 0) is 29.1 Å². The molecule has 0 bridgehead atoms. The van der Waals surface area contributed by atoms with Gasteiger partial charge in [-0.1, -0.05) is 68.2 Å². The average Bonchev–Trinajstić information content (AvgIpc) is 2.49. The van der Waals surface area contributed by atoms with Gasteiger partial charge in [0.05, 0.1) is 15.7 Å². The van der Waals surface area contributed by atoms with Gasteiger partial charge in [-0.25, -0.2) is 4.98 Å². The van der Waals surface area contributed by atoms with E-state index < -0.39 is 0 Å². The largest absolute Gasteiger partial charge is 0.493 e. The van der Waals surface area contributed by atoms with Crippen LogP contribution in [0.25, 0.3) is 21.9 Å². The number of pyridine rings is 1. The molecule has 0 spiro atoms. The molecular weight excluding hydrogens is 329 g/mol. The maximum atomic E-state index is 10.3. The van der Waals surface area contributed by atoms with E-state index in [1.54, 1.807) is 6.07 Å². The Balaban J connectivity index is 2.45. The zero-order valence-electron chi connectivity index (χ0n) is 13.2. The van der Waals surface area contributed by atoms with E-state index in [1.165, 1.54) is 0 Å². The fraction of sp³-hybridized carbons (Fsp3) is 0.211. The van der Waals surface area contributed by atoms with Gasteiger partial charge in [-0.3, -0.25) is 0 Å². The topological polar surface area (TPSA) is 33.1 Å². The molecule has 1 N–H and O–H groups in total. The molecular formula is C19H17Cl2NO. The predicted octanol–water partition coefficient (Wildman–Crippen LogP) is 6.21. The summed E-state index contributed by atoms with van der Waals surface area (Å²) in [7, 11) is 0. The smallest absolute Gasteiger partial charge is 0.219 e. The van der Waals surface area contributed by atoms with Gasteiger partial charge in [0.2, 0.25) is 5.88 Å². The lowest BCUT2D eigenvalue weighted by molar-refractivity contribution is 0.449. The Bertz CT molecular complexity index is 898. The number of hydrogen-bond acceptors (Lipinski definition) is 2. The number of fused-ring (bicyclic) bond motifs is 1. The number of aromatic nitrogens is 1. The quantitative estimate of drug-likeness (QED) is 0.568. The summed E-state index contributed by atoms with van der Waals surface area (Å²) in [6.45, 7) is 6.22. The van der Waals surface area contributed by atoms with Crippen LogP contribution in [0.2, 0.25) is 10.0 Å². The molecule has 3 rings (SSSR count). The number of nitrogens with zero attached hydrogens (tertiary/aromatic N) is 1. The Morgan fingerprint density at radius 3 is 2.17 bits per heavy atom. The third-order valence-electron chi connectivity index (χ3n) is 3.81. The van der Waals surface area contributed by atoms with E-state index in [4.69, 9.17) is 23.2 Å². The number of hydrogen-bond donors (Lipinski definition) is 1. The second-order valence-corrected chi connectivity index (χ2v) is 7.40. The second-order valence-electron chi connectivity index (χ2n) is 6.58. The van der Waals surface area contributed by atoms with Crippen molar-refractivity contribution < 1.29 is 5.11 Å². The summed E-state index contributed by atoms with van der Waals surface area (Å²) in [4.78, 5) is 4.48. The Morgan fingerprint density at radius 1 is 0.913 bits per heavy atom. The molecule has 0 unspecified atom stereocenters. The molecule has 118 valence electrons. The Kier molecular flexibility index (Phi) is 3.99. The normalized spacial score (nSPS) is 11.9. The number of aromatic hydroxyl groups is 1. The molecule has 23 heavy (non-hydrogen) atoms. The lowest BCUT2D eigenvalue weighted by Crippen LogP contribution is -2.15. The van der Waals surface area contributed by atoms with Crippen LogP contribution in [0.1, 0.15) is 26.5 Å². The van der Waals surface area contributed by atoms with Crippen LogP contribution in [0.4, 0.5) is 0 Å². The third-order valence-corrected chi connectivity index (χ3v) is 4.55. The van der Waals surface area contributed by atoms with Crippen LogP contribution in [0.5, 0.6) is 5.88 Å². The fourth-order valence-corrected chi connectivity index (χ4v) is 3.03. The summed E-state index contributed by atoms with van der Waals surface area (Å²) in [6.07, 6.45) is 0. The molecule has 4 heteroatoms. The van der Waals surface area contributed by atoms with Crippen molar-refractivity contribution in [1.29, 1.82) is 0 Å². The lowest BCUT2D eigenvalue weighted by Gasteiger charge is -2.24. The molecule has 0 aliphatic heterocycles. The summed E-state index contributed by atoms with van der Waals surface area (Å²) in [5.74, 6) is 0.0503. The highest BCUT2D eigenvalue weighted by Gasteiger charge is 2.24. The van der Waals surface area contributed by atoms with Crippen molar-refractivity contribution in [2.45, 2.75) is 26.2 Å². The minimum absolute atomic E-state index is 0.0503. The SMILES string of the molecule is CC(C)(C)c1nc(O)c2ccccc2c1-c1ccc(Cl)c(Cl)c1. The van der Waals surface area contributed by atoms with E-state index in [-0.39, 0.29) is 11.3 Å². The van der Waals surface area contributed by atoms with E-state index >= 15 is 0 Å². The van der Waals surface area contributed by atoms with Gasteiger partial charge < -0.3 is 5.11 Å². The first-order valence-corrected chi connectivity index (χ1v) is 8.12. The van der Waals surface area contributed by atoms with E-state index in [9.17, 15) is 5.11 Å². The summed E-state index contributed by atoms with van der Waals surface area (Å²) < 4.78 is 0. The molecule has 0 radical (unpaired) electrons. The number of halogens is 2. The van der Waals surface area contributed by atoms with Gasteiger partial charge in [-0.15, -0.1) is 0 Å². The fourth-order valence-electron chi connectivity index (χ4n) is 2.73. The van der Waals surface area contributed by atoms with Crippen LogP contribution in [-0.2, 0) is 5.41 Å². The van der Waals surface area contributed by atoms with Gasteiger partial charge in [-0.2, -0.15) is 0 Å². The van der Waals surface area contributed by atoms with Gasteiger partial charge >= 0.3 is 0 Å². The first-order valence-electron chi connectivity index (χ1n) is 7.36. The van der Waals surface area contributed by atoms with Crippen LogP contribution in [-0.4, -0.2) is 10.1 Å². The zero-order valence-corrected chi connectivity index (χ0v) is 14.7. The van der Waals surface area contributed by atoms with Crippen molar-refractivity contribution in [3.63, 3.8) is 0 Å². The van der Waals surface area contributed by atoms with Crippen molar-refractivity contribution in [2.75, 3.05) is 0 Å². The zero-order chi connectivity index (χ0) is 16.8. The molecule has 2 aromatic carbocycles. The maximum Gasteiger partial charge on any atom is 0.219 e. The standard InChI is InChI=1S/C19H17Cl2NO/c1-19(2,3)17-16(11-8-9-14(20)15(21)10-11)12-6-4-5-7-13(12)18(23)22-17/h4-10H,1-3H3,(H,22,23). The maximum absolute atomic E-state index is 10.3. The predicted molar refractivity (Wildman–Crippen MR) is 97.6 cm³/mol. The highest BCUT2D eigenvalue weighted by atomic mass is 35.5. The first kappa shape index (κ1) is 16.1. The summed E-state index contributed by atoms with van der Waals surface area (Å²) >= 11 is 12.3. The summed E-state index contributed by atoms with van der Waals surface area (Å²) in [6, 6.07) is 13.3. The van der Waals surface area contributed by atoms with Crippen molar-refractivity contribution >= 4 is 34.0 Å². The van der Waals surface area contributed by atoms with Gasteiger partial charge in [0.1, 0.15) is 0 Å². The minimum Gasteiger partial charge on any atom is -0.493 e. The third kappa shape index (κ3) is 2.89. The molecule has 0 aliphatic rings. The van der Waals surface area contributed by atoms with Crippen LogP contribution < -0.4 is 0 Å². The highest BCUT2D eigenvalue weighted by Crippen LogP contribution is 2.41. The van der Waals surface area contributed by atoms with E-state index in [0.717, 1.165) is 27.6 Å². The molecule has 1 heterocycles. The van der Waals surface area contributed by atoms with Crippen LogP contribution in [0.3, 0.4) is 0 Å². The average molecular weight is 346 g/mol. The van der Waals surface area contributed by atoms with E-state index in [2.05, 4.69) is 25.8 Å². The minimum atomic E-state index is -0.233. The van der Waals surface area contributed by atoms with Gasteiger partial charge in [0, 0.05) is 16.4 Å². The number of benzene rings is 2. The van der Waals surface area contributed by atoms with Crippen molar-refractivity contribution in [3.05, 3.63) is 58.2 Å². The molecule has 0 saturated carbocycles. The molecule has 1 aromatic heterocycles. The Labute approximate surface area is 145 Å². The van der Waals surface area contributed by atoms with Crippen LogP contribution in [0, 0.1) is 0 Å². The Morgan fingerprint density at radius 2 is 1.57 bits per heavy atom. The summed E-state index contributed by atoms with van der Waals surface area (Å²) in [5.41, 5.74) is 2.51. The molecule has 0 aliphatic carbocycles. The van der Waals surface area contributed by atoms with Crippen LogP contribution in [0.15, 0.2) is 42.5 Å². The molecule has 3 aromatic rings. The van der Waals surface area contributed by atoms with Crippen molar-refractivity contribution in [3.8, 4) is 17.0 Å². The lowest BCUT2D eigenvalue weighted by atomic mass is 9.84. The van der Waals surface area contributed by atoms with Crippen LogP contribution >= 0.6 is 23.2 Å². The molecule has 0 saturated heterocycles. The monoisotopic (exact) mass is 345 g/mol. The van der Waals surface area contributed by atoms with Crippen molar-refractivity contribution in [1.82, 2.24) is 4.98 Å². The number of rotatable bonds is 1. The molecule has 2 nitrogen and oxygen atoms in total. The second kappa shape index (κ2) is 5.70. The van der Waals surface area contributed by atoms with Gasteiger partial charge in [0.25, 0.3) is 0 Å². The van der Waals surface area contributed by atoms with Gasteiger partial charge in [0.15, 0.2) is 0 Å². The molecule has 0 amide bonds. The summed E-state index contributed by atoms with van der Waals surface area (Å²) in [5, 5.41) is 13.0. The first-order chi connectivity index (χ1) is 10.8. The van der Waals surface area contributed by atoms with E-state index in [0.29, 0.717) is 10.0 Å². The van der Waals surface area contributed by atoms with Crippen molar-refractivity contribution in [2.24, 2.45) is 0 Å². The highest BCUT2D eigenvalue weighted by molar-refractivity contribution is 6.42. The Hall–Kier alpha value is -1.77. The molecule has 0 atom stereocenters.